The Kier molecular flexibility index (Phi) is 4.12. The van der Waals surface area contributed by atoms with Crippen LogP contribution in [0.2, 0.25) is 0 Å². The van der Waals surface area contributed by atoms with Crippen molar-refractivity contribution in [2.24, 2.45) is 11.1 Å². The highest BCUT2D eigenvalue weighted by Gasteiger charge is 2.18. The molecular formula is C14H15NO3. The Hall–Kier alpha value is -2.10. The molecule has 0 aromatic heterocycles. The molecule has 0 aliphatic heterocycles. The van der Waals surface area contributed by atoms with Gasteiger partial charge in [0, 0.05) is 0 Å². The van der Waals surface area contributed by atoms with Crippen molar-refractivity contribution in [1.29, 1.82) is 0 Å². The van der Waals surface area contributed by atoms with E-state index in [4.69, 9.17) is 9.94 Å². The van der Waals surface area contributed by atoms with Crippen molar-refractivity contribution in [3.05, 3.63) is 42.0 Å². The lowest BCUT2D eigenvalue weighted by Gasteiger charge is -2.12. The Morgan fingerprint density at radius 1 is 1.39 bits per heavy atom. The van der Waals surface area contributed by atoms with Gasteiger partial charge in [0.1, 0.15) is 5.75 Å². The molecule has 0 bridgehead atoms. The van der Waals surface area contributed by atoms with E-state index in [9.17, 15) is 4.79 Å². The van der Waals surface area contributed by atoms with Crippen molar-refractivity contribution >= 4 is 12.2 Å². The van der Waals surface area contributed by atoms with E-state index in [0.29, 0.717) is 0 Å². The van der Waals surface area contributed by atoms with Crippen molar-refractivity contribution in [2.45, 2.75) is 19.3 Å². The van der Waals surface area contributed by atoms with E-state index in [-0.39, 0.29) is 17.6 Å². The van der Waals surface area contributed by atoms with Crippen LogP contribution < -0.4 is 0 Å². The summed E-state index contributed by atoms with van der Waals surface area (Å²) in [4.78, 5) is 16.4. The average molecular weight is 245 g/mol. The maximum absolute atomic E-state index is 11.6. The Morgan fingerprint density at radius 2 is 2.17 bits per heavy atom. The first-order chi connectivity index (χ1) is 8.75. The van der Waals surface area contributed by atoms with E-state index in [1.165, 1.54) is 6.21 Å². The molecule has 4 nitrogen and oxygen atoms in total. The Labute approximate surface area is 106 Å². The highest BCUT2D eigenvalue weighted by molar-refractivity contribution is 5.81. The smallest absolute Gasteiger partial charge is 0.341 e. The zero-order valence-corrected chi connectivity index (χ0v) is 9.95. The van der Waals surface area contributed by atoms with Crippen molar-refractivity contribution < 1.29 is 14.7 Å². The predicted molar refractivity (Wildman–Crippen MR) is 68.3 cm³/mol. The normalized spacial score (nSPS) is 19.0. The number of phenolic OH excluding ortho intramolecular Hbond substituents is 1. The van der Waals surface area contributed by atoms with Gasteiger partial charge in [-0.1, -0.05) is 17.3 Å². The molecule has 0 unspecified atom stereocenters. The highest BCUT2D eigenvalue weighted by atomic mass is 16.7. The SMILES string of the molecule is O=C(O/N=C/c1ccc(O)cc1)[C@@H]1C=CCCC1. The fourth-order valence-corrected chi connectivity index (χ4v) is 1.78. The van der Waals surface area contributed by atoms with Crippen LogP contribution in [0, 0.1) is 5.92 Å². The van der Waals surface area contributed by atoms with E-state index >= 15 is 0 Å². The van der Waals surface area contributed by atoms with Crippen molar-refractivity contribution in [3.8, 4) is 5.75 Å². The largest absolute Gasteiger partial charge is 0.508 e. The van der Waals surface area contributed by atoms with Crippen LogP contribution in [0.4, 0.5) is 0 Å². The number of nitrogens with zero attached hydrogens (tertiary/aromatic N) is 1. The van der Waals surface area contributed by atoms with Gasteiger partial charge in [-0.15, -0.1) is 0 Å². The molecule has 0 saturated carbocycles. The van der Waals surface area contributed by atoms with Crippen LogP contribution in [0.5, 0.6) is 5.75 Å². The number of allylic oxidation sites excluding steroid dienone is 1. The fraction of sp³-hybridized carbons (Fsp3) is 0.286. The zero-order valence-electron chi connectivity index (χ0n) is 9.95. The minimum Gasteiger partial charge on any atom is -0.508 e. The van der Waals surface area contributed by atoms with Gasteiger partial charge in [-0.2, -0.15) is 0 Å². The summed E-state index contributed by atoms with van der Waals surface area (Å²) in [6, 6.07) is 6.47. The summed E-state index contributed by atoms with van der Waals surface area (Å²) in [7, 11) is 0. The molecule has 0 heterocycles. The van der Waals surface area contributed by atoms with Crippen LogP contribution in [0.25, 0.3) is 0 Å². The molecule has 0 fully saturated rings. The summed E-state index contributed by atoms with van der Waals surface area (Å²) < 4.78 is 0. The van der Waals surface area contributed by atoms with Crippen molar-refractivity contribution in [3.63, 3.8) is 0 Å². The Balaban J connectivity index is 1.87. The second-order valence-corrected chi connectivity index (χ2v) is 4.20. The third kappa shape index (κ3) is 3.45. The molecule has 0 saturated heterocycles. The summed E-state index contributed by atoms with van der Waals surface area (Å²) in [5.41, 5.74) is 0.764. The van der Waals surface area contributed by atoms with Gasteiger partial charge in [-0.25, -0.2) is 4.79 Å². The van der Waals surface area contributed by atoms with Gasteiger partial charge < -0.3 is 9.94 Å². The topological polar surface area (TPSA) is 58.9 Å². The summed E-state index contributed by atoms with van der Waals surface area (Å²) in [6.45, 7) is 0. The minimum atomic E-state index is -0.319. The monoisotopic (exact) mass is 245 g/mol. The highest BCUT2D eigenvalue weighted by Crippen LogP contribution is 2.18. The second-order valence-electron chi connectivity index (χ2n) is 4.20. The average Bonchev–Trinajstić information content (AvgIpc) is 2.42. The number of hydrogen-bond donors (Lipinski definition) is 1. The minimum absolute atomic E-state index is 0.171. The van der Waals surface area contributed by atoms with Crippen LogP contribution in [-0.2, 0) is 9.63 Å². The first kappa shape index (κ1) is 12.4. The molecule has 1 aromatic carbocycles. The molecule has 1 aromatic rings. The summed E-state index contributed by atoms with van der Waals surface area (Å²) >= 11 is 0. The summed E-state index contributed by atoms with van der Waals surface area (Å²) in [5, 5.41) is 12.8. The number of hydrogen-bond acceptors (Lipinski definition) is 4. The van der Waals surface area contributed by atoms with Gasteiger partial charge >= 0.3 is 5.97 Å². The maximum Gasteiger partial charge on any atom is 0.341 e. The molecule has 0 amide bonds. The van der Waals surface area contributed by atoms with E-state index in [1.807, 2.05) is 12.2 Å². The molecule has 1 aliphatic carbocycles. The zero-order chi connectivity index (χ0) is 12.8. The summed E-state index contributed by atoms with van der Waals surface area (Å²) in [5.74, 6) is -0.298. The molecule has 94 valence electrons. The van der Waals surface area contributed by atoms with E-state index in [1.54, 1.807) is 24.3 Å². The van der Waals surface area contributed by atoms with Gasteiger partial charge in [0.25, 0.3) is 0 Å². The molecule has 18 heavy (non-hydrogen) atoms. The molecule has 0 radical (unpaired) electrons. The van der Waals surface area contributed by atoms with E-state index < -0.39 is 0 Å². The lowest BCUT2D eigenvalue weighted by Crippen LogP contribution is -2.15. The number of carbonyl (C=O) groups is 1. The van der Waals surface area contributed by atoms with Crippen LogP contribution in [0.15, 0.2) is 41.6 Å². The lowest BCUT2D eigenvalue weighted by atomic mass is 9.96. The molecule has 2 rings (SSSR count). The molecule has 4 heteroatoms. The van der Waals surface area contributed by atoms with Gasteiger partial charge in [-0.3, -0.25) is 0 Å². The number of carbonyl (C=O) groups excluding carboxylic acids is 1. The van der Waals surface area contributed by atoms with Crippen molar-refractivity contribution in [2.75, 3.05) is 0 Å². The third-order valence-corrected chi connectivity index (χ3v) is 2.79. The van der Waals surface area contributed by atoms with Crippen molar-refractivity contribution in [1.82, 2.24) is 0 Å². The first-order valence-electron chi connectivity index (χ1n) is 5.95. The number of rotatable bonds is 3. The lowest BCUT2D eigenvalue weighted by molar-refractivity contribution is -0.147. The van der Waals surface area contributed by atoms with Crippen LogP contribution >= 0.6 is 0 Å². The van der Waals surface area contributed by atoms with E-state index in [2.05, 4.69) is 5.16 Å². The fourth-order valence-electron chi connectivity index (χ4n) is 1.78. The van der Waals surface area contributed by atoms with Gasteiger partial charge in [-0.05, 0) is 49.1 Å². The van der Waals surface area contributed by atoms with E-state index in [0.717, 1.165) is 24.8 Å². The van der Waals surface area contributed by atoms with Gasteiger partial charge in [0.05, 0.1) is 12.1 Å². The number of benzene rings is 1. The molecule has 0 spiro atoms. The van der Waals surface area contributed by atoms with Crippen LogP contribution in [-0.4, -0.2) is 17.3 Å². The number of phenols is 1. The molecular weight excluding hydrogens is 230 g/mol. The second kappa shape index (κ2) is 6.00. The molecule has 1 aliphatic rings. The maximum atomic E-state index is 11.6. The quantitative estimate of drug-likeness (QED) is 0.385. The standard InChI is InChI=1S/C14H15NO3/c16-13-8-6-11(7-9-13)10-15-18-14(17)12-4-2-1-3-5-12/h2,4,6-10,12,16H,1,3,5H2/b15-10+/t12-/m1/s1. The van der Waals surface area contributed by atoms with Crippen LogP contribution in [0.3, 0.4) is 0 Å². The third-order valence-electron chi connectivity index (χ3n) is 2.79. The number of aromatic hydroxyl groups is 1. The van der Waals surface area contributed by atoms with Gasteiger partial charge in [0.15, 0.2) is 0 Å². The Morgan fingerprint density at radius 3 is 2.83 bits per heavy atom. The predicted octanol–water partition coefficient (Wildman–Crippen LogP) is 2.63. The number of oxime groups is 1. The Bertz CT molecular complexity index is 462. The first-order valence-corrected chi connectivity index (χ1v) is 5.95. The molecule has 1 atom stereocenters. The molecule has 1 N–H and O–H groups in total. The van der Waals surface area contributed by atoms with Crippen LogP contribution in [0.1, 0.15) is 24.8 Å². The van der Waals surface area contributed by atoms with Gasteiger partial charge in [0.2, 0.25) is 0 Å². The summed E-state index contributed by atoms with van der Waals surface area (Å²) in [6.07, 6.45) is 8.19.